The Labute approximate surface area is 103 Å². The third-order valence-corrected chi connectivity index (χ3v) is 1.88. The van der Waals surface area contributed by atoms with E-state index in [0.29, 0.717) is 18.9 Å². The first-order valence-corrected chi connectivity index (χ1v) is 5.77. The highest BCUT2D eigenvalue weighted by Gasteiger charge is 2.09. The SMILES string of the molecule is C#CC(C)OC(=O)CCCC(=O)OCC(C)C. The maximum absolute atomic E-state index is 11.2. The van der Waals surface area contributed by atoms with Gasteiger partial charge in [0.15, 0.2) is 6.10 Å². The van der Waals surface area contributed by atoms with Crippen LogP contribution >= 0.6 is 0 Å². The highest BCUT2D eigenvalue weighted by molar-refractivity contribution is 5.72. The van der Waals surface area contributed by atoms with Crippen LogP contribution in [0.15, 0.2) is 0 Å². The molecule has 0 aromatic rings. The van der Waals surface area contributed by atoms with Crippen molar-refractivity contribution in [2.24, 2.45) is 5.92 Å². The lowest BCUT2D eigenvalue weighted by Gasteiger charge is -2.08. The summed E-state index contributed by atoms with van der Waals surface area (Å²) in [6.07, 6.45) is 5.38. The molecular formula is C13H20O4. The second-order valence-electron chi connectivity index (χ2n) is 4.23. The van der Waals surface area contributed by atoms with Crippen molar-refractivity contribution in [3.63, 3.8) is 0 Å². The average molecular weight is 240 g/mol. The summed E-state index contributed by atoms with van der Waals surface area (Å²) in [6.45, 7) is 5.96. The topological polar surface area (TPSA) is 52.6 Å². The molecule has 0 N–H and O–H groups in total. The van der Waals surface area contributed by atoms with Gasteiger partial charge >= 0.3 is 11.9 Å². The van der Waals surface area contributed by atoms with Gasteiger partial charge in [-0.3, -0.25) is 9.59 Å². The molecule has 0 radical (unpaired) electrons. The molecule has 4 nitrogen and oxygen atoms in total. The first kappa shape index (κ1) is 15.5. The average Bonchev–Trinajstić information content (AvgIpc) is 2.26. The van der Waals surface area contributed by atoms with Crippen LogP contribution in [-0.4, -0.2) is 24.6 Å². The van der Waals surface area contributed by atoms with Gasteiger partial charge in [-0.25, -0.2) is 0 Å². The number of carbonyl (C=O) groups is 2. The van der Waals surface area contributed by atoms with Crippen molar-refractivity contribution >= 4 is 11.9 Å². The minimum Gasteiger partial charge on any atom is -0.465 e. The molecule has 1 unspecified atom stereocenters. The van der Waals surface area contributed by atoms with Crippen molar-refractivity contribution in [2.75, 3.05) is 6.61 Å². The summed E-state index contributed by atoms with van der Waals surface area (Å²) in [5.74, 6) is 1.95. The fourth-order valence-electron chi connectivity index (χ4n) is 0.999. The quantitative estimate of drug-likeness (QED) is 0.504. The number of ether oxygens (including phenoxy) is 2. The molecule has 17 heavy (non-hydrogen) atoms. The monoisotopic (exact) mass is 240 g/mol. The van der Waals surface area contributed by atoms with Crippen LogP contribution in [0.5, 0.6) is 0 Å². The Morgan fingerprint density at radius 2 is 1.76 bits per heavy atom. The lowest BCUT2D eigenvalue weighted by Crippen LogP contribution is -2.14. The molecule has 0 heterocycles. The Morgan fingerprint density at radius 1 is 1.18 bits per heavy atom. The van der Waals surface area contributed by atoms with E-state index >= 15 is 0 Å². The van der Waals surface area contributed by atoms with Crippen LogP contribution in [0.1, 0.15) is 40.0 Å². The lowest BCUT2D eigenvalue weighted by molar-refractivity contribution is -0.147. The van der Waals surface area contributed by atoms with Gasteiger partial charge in [0.25, 0.3) is 0 Å². The minimum absolute atomic E-state index is 0.183. The molecule has 0 amide bonds. The van der Waals surface area contributed by atoms with E-state index in [0.717, 1.165) is 0 Å². The van der Waals surface area contributed by atoms with Gasteiger partial charge in [0.1, 0.15) is 0 Å². The summed E-state index contributed by atoms with van der Waals surface area (Å²) in [7, 11) is 0. The predicted molar refractivity (Wildman–Crippen MR) is 64.0 cm³/mol. The van der Waals surface area contributed by atoms with Crippen LogP contribution in [0.3, 0.4) is 0 Å². The van der Waals surface area contributed by atoms with E-state index in [1.54, 1.807) is 6.92 Å². The fourth-order valence-corrected chi connectivity index (χ4v) is 0.999. The van der Waals surface area contributed by atoms with E-state index in [1.807, 2.05) is 13.8 Å². The van der Waals surface area contributed by atoms with Gasteiger partial charge in [-0.05, 0) is 19.3 Å². The van der Waals surface area contributed by atoms with Crippen LogP contribution in [0.25, 0.3) is 0 Å². The largest absolute Gasteiger partial charge is 0.465 e. The molecule has 0 aliphatic rings. The normalized spacial score (nSPS) is 11.7. The summed E-state index contributed by atoms with van der Waals surface area (Å²) < 4.78 is 9.82. The highest BCUT2D eigenvalue weighted by Crippen LogP contribution is 2.03. The number of rotatable bonds is 7. The summed E-state index contributed by atoms with van der Waals surface area (Å²) in [4.78, 5) is 22.4. The molecule has 0 rings (SSSR count). The van der Waals surface area contributed by atoms with Gasteiger partial charge in [0.05, 0.1) is 6.61 Å². The second-order valence-corrected chi connectivity index (χ2v) is 4.23. The van der Waals surface area contributed by atoms with Crippen molar-refractivity contribution in [3.05, 3.63) is 0 Å². The summed E-state index contributed by atoms with van der Waals surface area (Å²) >= 11 is 0. The van der Waals surface area contributed by atoms with Crippen molar-refractivity contribution in [3.8, 4) is 12.3 Å². The molecule has 0 fully saturated rings. The number of carbonyl (C=O) groups excluding carboxylic acids is 2. The standard InChI is InChI=1S/C13H20O4/c1-5-11(4)17-13(15)8-6-7-12(14)16-9-10(2)3/h1,10-11H,6-9H2,2-4H3. The Hall–Kier alpha value is -1.50. The number of terminal acetylenes is 1. The zero-order valence-electron chi connectivity index (χ0n) is 10.7. The van der Waals surface area contributed by atoms with Crippen molar-refractivity contribution in [1.29, 1.82) is 0 Å². The number of hydrogen-bond acceptors (Lipinski definition) is 4. The van der Waals surface area contributed by atoms with E-state index in [4.69, 9.17) is 15.9 Å². The van der Waals surface area contributed by atoms with Gasteiger partial charge in [-0.15, -0.1) is 6.42 Å². The molecular weight excluding hydrogens is 220 g/mol. The Kier molecular flexibility index (Phi) is 7.87. The summed E-state index contributed by atoms with van der Waals surface area (Å²) in [6, 6.07) is 0. The van der Waals surface area contributed by atoms with Crippen LogP contribution in [-0.2, 0) is 19.1 Å². The van der Waals surface area contributed by atoms with Gasteiger partial charge < -0.3 is 9.47 Å². The molecule has 0 aliphatic carbocycles. The molecule has 0 spiro atoms. The molecule has 0 aromatic heterocycles. The van der Waals surface area contributed by atoms with E-state index in [-0.39, 0.29) is 24.8 Å². The predicted octanol–water partition coefficient (Wildman–Crippen LogP) is 1.92. The molecule has 1 atom stereocenters. The van der Waals surface area contributed by atoms with E-state index in [9.17, 15) is 9.59 Å². The molecule has 4 heteroatoms. The molecule has 0 aromatic carbocycles. The van der Waals surface area contributed by atoms with Crippen LogP contribution in [0.2, 0.25) is 0 Å². The Balaban J connectivity index is 3.60. The van der Waals surface area contributed by atoms with Crippen LogP contribution in [0, 0.1) is 18.3 Å². The van der Waals surface area contributed by atoms with Crippen LogP contribution < -0.4 is 0 Å². The fraction of sp³-hybridized carbons (Fsp3) is 0.692. The first-order valence-electron chi connectivity index (χ1n) is 5.77. The highest BCUT2D eigenvalue weighted by atomic mass is 16.5. The van der Waals surface area contributed by atoms with E-state index < -0.39 is 6.10 Å². The van der Waals surface area contributed by atoms with Crippen molar-refractivity contribution < 1.29 is 19.1 Å². The molecule has 0 bridgehead atoms. The molecule has 96 valence electrons. The van der Waals surface area contributed by atoms with Crippen LogP contribution in [0.4, 0.5) is 0 Å². The van der Waals surface area contributed by atoms with Gasteiger partial charge in [0, 0.05) is 12.8 Å². The Bertz CT molecular complexity index is 288. The third-order valence-electron chi connectivity index (χ3n) is 1.88. The van der Waals surface area contributed by atoms with E-state index in [2.05, 4.69) is 5.92 Å². The zero-order valence-corrected chi connectivity index (χ0v) is 10.7. The summed E-state index contributed by atoms with van der Waals surface area (Å²) in [5.41, 5.74) is 0. The smallest absolute Gasteiger partial charge is 0.307 e. The maximum Gasteiger partial charge on any atom is 0.307 e. The number of hydrogen-bond donors (Lipinski definition) is 0. The second kappa shape index (κ2) is 8.63. The maximum atomic E-state index is 11.2. The lowest BCUT2D eigenvalue weighted by atomic mass is 10.2. The minimum atomic E-state index is -0.518. The zero-order chi connectivity index (χ0) is 13.3. The van der Waals surface area contributed by atoms with Gasteiger partial charge in [0.2, 0.25) is 0 Å². The van der Waals surface area contributed by atoms with Gasteiger partial charge in [-0.2, -0.15) is 0 Å². The molecule has 0 saturated carbocycles. The first-order chi connectivity index (χ1) is 7.95. The van der Waals surface area contributed by atoms with Crippen molar-refractivity contribution in [1.82, 2.24) is 0 Å². The van der Waals surface area contributed by atoms with Crippen molar-refractivity contribution in [2.45, 2.75) is 46.1 Å². The molecule has 0 saturated heterocycles. The Morgan fingerprint density at radius 3 is 2.29 bits per heavy atom. The summed E-state index contributed by atoms with van der Waals surface area (Å²) in [5, 5.41) is 0. The van der Waals surface area contributed by atoms with E-state index in [1.165, 1.54) is 0 Å². The third kappa shape index (κ3) is 9.43. The molecule has 0 aliphatic heterocycles. The number of esters is 2. The van der Waals surface area contributed by atoms with Gasteiger partial charge in [-0.1, -0.05) is 19.8 Å².